The van der Waals surface area contributed by atoms with Crippen molar-refractivity contribution in [1.82, 2.24) is 10.2 Å². The van der Waals surface area contributed by atoms with Crippen LogP contribution in [-0.2, 0) is 9.47 Å². The van der Waals surface area contributed by atoms with E-state index in [1.807, 2.05) is 13.8 Å². The van der Waals surface area contributed by atoms with Crippen molar-refractivity contribution in [2.24, 2.45) is 0 Å². The van der Waals surface area contributed by atoms with Crippen LogP contribution in [0.2, 0.25) is 0 Å². The standard InChI is InChI=1S/C13H28N2O2/c1-5-8-15(6-2)9-7-14-12-10-16-13(3,4)17-11-12/h12,14H,5-11H2,1-4H3. The van der Waals surface area contributed by atoms with Gasteiger partial charge in [-0.3, -0.25) is 0 Å². The molecule has 4 heteroatoms. The summed E-state index contributed by atoms with van der Waals surface area (Å²) in [5.74, 6) is -0.407. The fourth-order valence-corrected chi connectivity index (χ4v) is 1.98. The summed E-state index contributed by atoms with van der Waals surface area (Å²) in [4.78, 5) is 2.46. The van der Waals surface area contributed by atoms with Gasteiger partial charge in [0.25, 0.3) is 0 Å². The van der Waals surface area contributed by atoms with Gasteiger partial charge in [-0.15, -0.1) is 0 Å². The van der Waals surface area contributed by atoms with E-state index in [0.717, 1.165) is 32.8 Å². The highest BCUT2D eigenvalue weighted by Crippen LogP contribution is 2.16. The Balaban J connectivity index is 2.11. The van der Waals surface area contributed by atoms with E-state index in [1.54, 1.807) is 0 Å². The molecule has 1 fully saturated rings. The van der Waals surface area contributed by atoms with Gasteiger partial charge in [0, 0.05) is 13.1 Å². The molecule has 0 bridgehead atoms. The molecule has 0 saturated carbocycles. The van der Waals surface area contributed by atoms with Crippen molar-refractivity contribution in [2.45, 2.75) is 45.9 Å². The third kappa shape index (κ3) is 5.82. The van der Waals surface area contributed by atoms with E-state index in [9.17, 15) is 0 Å². The van der Waals surface area contributed by atoms with E-state index in [2.05, 4.69) is 24.1 Å². The van der Waals surface area contributed by atoms with Gasteiger partial charge in [-0.25, -0.2) is 0 Å². The zero-order valence-corrected chi connectivity index (χ0v) is 11.8. The number of ether oxygens (including phenoxy) is 2. The lowest BCUT2D eigenvalue weighted by Gasteiger charge is -2.35. The summed E-state index contributed by atoms with van der Waals surface area (Å²) in [7, 11) is 0. The van der Waals surface area contributed by atoms with Crippen LogP contribution in [0.1, 0.15) is 34.1 Å². The molecule has 0 aromatic heterocycles. The Morgan fingerprint density at radius 2 is 1.82 bits per heavy atom. The maximum atomic E-state index is 5.61. The molecule has 0 aromatic rings. The van der Waals surface area contributed by atoms with Gasteiger partial charge in [0.2, 0.25) is 0 Å². The van der Waals surface area contributed by atoms with Crippen molar-refractivity contribution in [3.8, 4) is 0 Å². The third-order valence-electron chi connectivity index (χ3n) is 3.11. The summed E-state index contributed by atoms with van der Waals surface area (Å²) < 4.78 is 11.2. The predicted molar refractivity (Wildman–Crippen MR) is 70.2 cm³/mol. The second-order valence-corrected chi connectivity index (χ2v) is 5.11. The van der Waals surface area contributed by atoms with E-state index in [0.29, 0.717) is 6.04 Å². The normalized spacial score (nSPS) is 21.0. The fraction of sp³-hybridized carbons (Fsp3) is 1.00. The van der Waals surface area contributed by atoms with E-state index in [1.165, 1.54) is 13.0 Å². The molecule has 0 amide bonds. The Labute approximate surface area is 106 Å². The van der Waals surface area contributed by atoms with Crippen LogP contribution in [0.4, 0.5) is 0 Å². The topological polar surface area (TPSA) is 33.7 Å². The quantitative estimate of drug-likeness (QED) is 0.735. The van der Waals surface area contributed by atoms with Gasteiger partial charge in [-0.05, 0) is 33.4 Å². The lowest BCUT2D eigenvalue weighted by molar-refractivity contribution is -0.252. The SMILES string of the molecule is CCCN(CC)CCNC1COC(C)(C)OC1. The summed E-state index contributed by atoms with van der Waals surface area (Å²) in [6, 6.07) is 0.336. The van der Waals surface area contributed by atoms with Crippen LogP contribution in [-0.4, -0.2) is 56.1 Å². The first-order chi connectivity index (χ1) is 8.07. The fourth-order valence-electron chi connectivity index (χ4n) is 1.98. The van der Waals surface area contributed by atoms with Crippen LogP contribution in [0.5, 0.6) is 0 Å². The summed E-state index contributed by atoms with van der Waals surface area (Å²) in [6.45, 7) is 14.3. The minimum Gasteiger partial charge on any atom is -0.349 e. The Morgan fingerprint density at radius 1 is 1.18 bits per heavy atom. The van der Waals surface area contributed by atoms with Crippen molar-refractivity contribution < 1.29 is 9.47 Å². The third-order valence-corrected chi connectivity index (χ3v) is 3.11. The average Bonchev–Trinajstić information content (AvgIpc) is 2.30. The van der Waals surface area contributed by atoms with Crippen molar-refractivity contribution >= 4 is 0 Å². The molecule has 0 aliphatic carbocycles. The molecule has 17 heavy (non-hydrogen) atoms. The molecular formula is C13H28N2O2. The van der Waals surface area contributed by atoms with Crippen LogP contribution in [0.15, 0.2) is 0 Å². The van der Waals surface area contributed by atoms with Gasteiger partial charge in [0.1, 0.15) is 0 Å². The second kappa shape index (κ2) is 7.31. The maximum absolute atomic E-state index is 5.61. The number of nitrogens with one attached hydrogen (secondary N) is 1. The van der Waals surface area contributed by atoms with Crippen LogP contribution in [0, 0.1) is 0 Å². The summed E-state index contributed by atoms with van der Waals surface area (Å²) in [5, 5.41) is 3.49. The first-order valence-corrected chi connectivity index (χ1v) is 6.81. The Bertz CT molecular complexity index is 200. The smallest absolute Gasteiger partial charge is 0.162 e. The molecule has 0 radical (unpaired) electrons. The minimum atomic E-state index is -0.407. The average molecular weight is 244 g/mol. The monoisotopic (exact) mass is 244 g/mol. The minimum absolute atomic E-state index is 0.336. The molecule has 1 aliphatic heterocycles. The zero-order valence-electron chi connectivity index (χ0n) is 11.8. The molecule has 102 valence electrons. The van der Waals surface area contributed by atoms with E-state index in [-0.39, 0.29) is 0 Å². The van der Waals surface area contributed by atoms with Gasteiger partial charge in [-0.1, -0.05) is 13.8 Å². The molecule has 1 rings (SSSR count). The lowest BCUT2D eigenvalue weighted by Crippen LogP contribution is -2.50. The first kappa shape index (κ1) is 14.9. The highest BCUT2D eigenvalue weighted by atomic mass is 16.7. The molecule has 1 heterocycles. The Hall–Kier alpha value is -0.160. The number of hydrogen-bond donors (Lipinski definition) is 1. The number of rotatable bonds is 7. The summed E-state index contributed by atoms with van der Waals surface area (Å²) in [6.07, 6.45) is 1.22. The molecular weight excluding hydrogens is 216 g/mol. The van der Waals surface area contributed by atoms with Crippen molar-refractivity contribution in [2.75, 3.05) is 39.4 Å². The molecule has 0 spiro atoms. The highest BCUT2D eigenvalue weighted by molar-refractivity contribution is 4.73. The van der Waals surface area contributed by atoms with Crippen molar-refractivity contribution in [3.05, 3.63) is 0 Å². The first-order valence-electron chi connectivity index (χ1n) is 6.81. The van der Waals surface area contributed by atoms with E-state index in [4.69, 9.17) is 9.47 Å². The molecule has 4 nitrogen and oxygen atoms in total. The van der Waals surface area contributed by atoms with Crippen molar-refractivity contribution in [1.29, 1.82) is 0 Å². The molecule has 0 atom stereocenters. The number of likely N-dealkylation sites (N-methyl/N-ethyl adjacent to an activating group) is 1. The zero-order chi connectivity index (χ0) is 12.7. The van der Waals surface area contributed by atoms with Crippen LogP contribution in [0.3, 0.4) is 0 Å². The number of hydrogen-bond acceptors (Lipinski definition) is 4. The summed E-state index contributed by atoms with van der Waals surface area (Å²) >= 11 is 0. The van der Waals surface area contributed by atoms with Gasteiger partial charge in [0.15, 0.2) is 5.79 Å². The van der Waals surface area contributed by atoms with Gasteiger partial charge >= 0.3 is 0 Å². The van der Waals surface area contributed by atoms with Gasteiger partial charge in [0.05, 0.1) is 19.3 Å². The molecule has 0 unspecified atom stereocenters. The largest absolute Gasteiger partial charge is 0.349 e. The van der Waals surface area contributed by atoms with Crippen molar-refractivity contribution in [3.63, 3.8) is 0 Å². The Morgan fingerprint density at radius 3 is 2.35 bits per heavy atom. The highest BCUT2D eigenvalue weighted by Gasteiger charge is 2.27. The van der Waals surface area contributed by atoms with Crippen LogP contribution >= 0.6 is 0 Å². The van der Waals surface area contributed by atoms with Gasteiger partial charge in [-0.2, -0.15) is 0 Å². The van der Waals surface area contributed by atoms with E-state index < -0.39 is 5.79 Å². The van der Waals surface area contributed by atoms with Gasteiger partial charge < -0.3 is 19.7 Å². The molecule has 1 saturated heterocycles. The molecule has 1 aliphatic rings. The summed E-state index contributed by atoms with van der Waals surface area (Å²) in [5.41, 5.74) is 0. The van der Waals surface area contributed by atoms with Crippen LogP contribution < -0.4 is 5.32 Å². The second-order valence-electron chi connectivity index (χ2n) is 5.11. The number of nitrogens with zero attached hydrogens (tertiary/aromatic N) is 1. The molecule has 0 aromatic carbocycles. The van der Waals surface area contributed by atoms with Crippen LogP contribution in [0.25, 0.3) is 0 Å². The Kier molecular flexibility index (Phi) is 6.41. The van der Waals surface area contributed by atoms with E-state index >= 15 is 0 Å². The lowest BCUT2D eigenvalue weighted by atomic mass is 10.2. The molecule has 1 N–H and O–H groups in total. The maximum Gasteiger partial charge on any atom is 0.162 e. The predicted octanol–water partition coefficient (Wildman–Crippen LogP) is 1.46.